The lowest BCUT2D eigenvalue weighted by Crippen LogP contribution is -2.25. The number of benzene rings is 1. The first-order chi connectivity index (χ1) is 15.3. The second-order valence-electron chi connectivity index (χ2n) is 8.12. The lowest BCUT2D eigenvalue weighted by atomic mass is 10.0. The summed E-state index contributed by atoms with van der Waals surface area (Å²) in [4.78, 5) is 21.6. The topological polar surface area (TPSA) is 77.1 Å². The molecule has 1 N–H and O–H groups in total. The summed E-state index contributed by atoms with van der Waals surface area (Å²) >= 11 is 0. The minimum atomic E-state index is -0.158. The Morgan fingerprint density at radius 3 is 2.74 bits per heavy atom. The summed E-state index contributed by atoms with van der Waals surface area (Å²) in [7, 11) is 0. The van der Waals surface area contributed by atoms with E-state index in [4.69, 9.17) is 4.98 Å². The zero-order valence-corrected chi connectivity index (χ0v) is 17.4. The van der Waals surface area contributed by atoms with Gasteiger partial charge < -0.3 is 9.88 Å². The molecule has 0 radical (unpaired) electrons. The van der Waals surface area contributed by atoms with E-state index in [0.717, 1.165) is 48.4 Å². The molecule has 5 rings (SSSR count). The van der Waals surface area contributed by atoms with E-state index < -0.39 is 0 Å². The highest BCUT2D eigenvalue weighted by Crippen LogP contribution is 2.35. The molecule has 1 saturated carbocycles. The molecule has 0 unspecified atom stereocenters. The molecular weight excluding hydrogens is 388 g/mol. The van der Waals surface area contributed by atoms with Crippen molar-refractivity contribution in [1.82, 2.24) is 29.5 Å². The van der Waals surface area contributed by atoms with E-state index >= 15 is 0 Å². The Labute approximate surface area is 181 Å². The van der Waals surface area contributed by atoms with Gasteiger partial charge in [0.05, 0.1) is 12.0 Å². The largest absolute Gasteiger partial charge is 0.351 e. The van der Waals surface area contributed by atoms with Crippen LogP contribution in [0.5, 0.6) is 0 Å². The molecule has 1 aliphatic rings. The summed E-state index contributed by atoms with van der Waals surface area (Å²) in [5.41, 5.74) is 4.31. The molecule has 1 fully saturated rings. The molecule has 1 aromatic carbocycles. The van der Waals surface area contributed by atoms with Crippen LogP contribution in [0.2, 0.25) is 0 Å². The number of rotatable bonds is 7. The van der Waals surface area contributed by atoms with Crippen LogP contribution in [0.3, 0.4) is 0 Å². The van der Waals surface area contributed by atoms with Crippen molar-refractivity contribution in [2.75, 3.05) is 6.54 Å². The van der Waals surface area contributed by atoms with E-state index in [9.17, 15) is 4.79 Å². The number of aryl methyl sites for hydroxylation is 1. The number of carbonyl (C=O) groups is 1. The van der Waals surface area contributed by atoms with Crippen LogP contribution in [0.1, 0.15) is 54.2 Å². The predicted octanol–water partition coefficient (Wildman–Crippen LogP) is 4.07. The zero-order chi connectivity index (χ0) is 21.0. The molecule has 31 heavy (non-hydrogen) atoms. The average molecular weight is 415 g/mol. The fourth-order valence-electron chi connectivity index (χ4n) is 4.35. The van der Waals surface area contributed by atoms with E-state index in [-0.39, 0.29) is 5.91 Å². The van der Waals surface area contributed by atoms with E-state index in [1.807, 2.05) is 33.5 Å². The maximum absolute atomic E-state index is 12.7. The highest BCUT2D eigenvalue weighted by atomic mass is 16.1. The van der Waals surface area contributed by atoms with E-state index in [0.29, 0.717) is 18.2 Å². The fraction of sp³-hybridized carbons (Fsp3) is 0.333. The summed E-state index contributed by atoms with van der Waals surface area (Å²) < 4.78 is 3.88. The lowest BCUT2D eigenvalue weighted by molar-refractivity contribution is 0.0947. The molecule has 1 aliphatic carbocycles. The Morgan fingerprint density at radius 1 is 1.13 bits per heavy atom. The molecule has 0 bridgehead atoms. The first-order valence-electron chi connectivity index (χ1n) is 11.0. The van der Waals surface area contributed by atoms with E-state index in [1.54, 1.807) is 18.6 Å². The van der Waals surface area contributed by atoms with Crippen molar-refractivity contribution in [3.8, 4) is 11.3 Å². The van der Waals surface area contributed by atoms with Crippen molar-refractivity contribution >= 4 is 11.6 Å². The highest BCUT2D eigenvalue weighted by molar-refractivity contribution is 5.93. The monoisotopic (exact) mass is 414 g/mol. The molecule has 0 spiro atoms. The van der Waals surface area contributed by atoms with Crippen LogP contribution in [0.4, 0.5) is 0 Å². The summed E-state index contributed by atoms with van der Waals surface area (Å²) in [6.07, 6.45) is 11.1. The molecule has 3 aromatic heterocycles. The lowest BCUT2D eigenvalue weighted by Gasteiger charge is -2.13. The Balaban J connectivity index is 1.39. The molecule has 0 aliphatic heterocycles. The molecule has 158 valence electrons. The molecule has 7 nitrogen and oxygen atoms in total. The van der Waals surface area contributed by atoms with Crippen molar-refractivity contribution < 1.29 is 4.79 Å². The van der Waals surface area contributed by atoms with Crippen LogP contribution in [-0.2, 0) is 6.54 Å². The van der Waals surface area contributed by atoms with Crippen molar-refractivity contribution in [2.24, 2.45) is 0 Å². The van der Waals surface area contributed by atoms with Gasteiger partial charge in [0.25, 0.3) is 5.91 Å². The summed E-state index contributed by atoms with van der Waals surface area (Å²) in [5.74, 6) is 0.300. The van der Waals surface area contributed by atoms with Crippen LogP contribution >= 0.6 is 0 Å². The van der Waals surface area contributed by atoms with Gasteiger partial charge >= 0.3 is 0 Å². The van der Waals surface area contributed by atoms with Crippen molar-refractivity contribution in [1.29, 1.82) is 0 Å². The first-order valence-corrected chi connectivity index (χ1v) is 11.0. The highest BCUT2D eigenvalue weighted by Gasteiger charge is 2.23. The van der Waals surface area contributed by atoms with Gasteiger partial charge in [0.15, 0.2) is 11.3 Å². The predicted molar refractivity (Wildman–Crippen MR) is 119 cm³/mol. The number of fused-ring (bicyclic) bond motifs is 1. The third kappa shape index (κ3) is 4.21. The van der Waals surface area contributed by atoms with Crippen molar-refractivity contribution in [2.45, 2.75) is 44.6 Å². The minimum Gasteiger partial charge on any atom is -0.351 e. The Kier molecular flexibility index (Phi) is 5.48. The van der Waals surface area contributed by atoms with Gasteiger partial charge in [-0.05, 0) is 25.3 Å². The molecule has 0 atom stereocenters. The van der Waals surface area contributed by atoms with Gasteiger partial charge in [0.2, 0.25) is 0 Å². The average Bonchev–Trinajstić information content (AvgIpc) is 3.58. The number of amides is 1. The SMILES string of the molecule is O=C(NCCCn1ccnc1)c1cc2nc(-c3ccccc3)cc(C3CCCC3)n2n1. The summed E-state index contributed by atoms with van der Waals surface area (Å²) in [5, 5.41) is 7.63. The Morgan fingerprint density at radius 2 is 1.97 bits per heavy atom. The van der Waals surface area contributed by atoms with E-state index in [1.165, 1.54) is 12.8 Å². The molecule has 7 heteroatoms. The molecule has 1 amide bonds. The van der Waals surface area contributed by atoms with Gasteiger partial charge in [-0.15, -0.1) is 0 Å². The van der Waals surface area contributed by atoms with Crippen LogP contribution < -0.4 is 5.32 Å². The normalized spacial score (nSPS) is 14.3. The Bertz CT molecular complexity index is 1160. The maximum Gasteiger partial charge on any atom is 0.271 e. The number of nitrogens with zero attached hydrogens (tertiary/aromatic N) is 5. The summed E-state index contributed by atoms with van der Waals surface area (Å²) in [6.45, 7) is 1.41. The van der Waals surface area contributed by atoms with Gasteiger partial charge in [-0.3, -0.25) is 4.79 Å². The quantitative estimate of drug-likeness (QED) is 0.463. The van der Waals surface area contributed by atoms with Crippen molar-refractivity contribution in [3.63, 3.8) is 0 Å². The second-order valence-corrected chi connectivity index (χ2v) is 8.12. The van der Waals surface area contributed by atoms with Gasteiger partial charge in [0.1, 0.15) is 0 Å². The molecular formula is C24H26N6O. The smallest absolute Gasteiger partial charge is 0.271 e. The zero-order valence-electron chi connectivity index (χ0n) is 17.4. The van der Waals surface area contributed by atoms with Crippen LogP contribution in [0.15, 0.2) is 61.2 Å². The van der Waals surface area contributed by atoms with Crippen LogP contribution in [-0.4, -0.2) is 36.6 Å². The van der Waals surface area contributed by atoms with Crippen LogP contribution in [0, 0.1) is 0 Å². The molecule has 0 saturated heterocycles. The number of imidazole rings is 1. The van der Waals surface area contributed by atoms with Crippen LogP contribution in [0.25, 0.3) is 16.9 Å². The summed E-state index contributed by atoms with van der Waals surface area (Å²) in [6, 6.07) is 14.1. The van der Waals surface area contributed by atoms with Gasteiger partial charge in [-0.25, -0.2) is 14.5 Å². The number of hydrogen-bond acceptors (Lipinski definition) is 4. The number of nitrogens with one attached hydrogen (secondary N) is 1. The second kappa shape index (κ2) is 8.71. The molecule has 4 aromatic rings. The fourth-order valence-corrected chi connectivity index (χ4v) is 4.35. The third-order valence-electron chi connectivity index (χ3n) is 5.97. The van der Waals surface area contributed by atoms with E-state index in [2.05, 4.69) is 33.6 Å². The Hall–Kier alpha value is -3.48. The number of carbonyl (C=O) groups excluding carboxylic acids is 1. The maximum atomic E-state index is 12.7. The van der Waals surface area contributed by atoms with Gasteiger partial charge in [-0.2, -0.15) is 5.10 Å². The number of aromatic nitrogens is 5. The first kappa shape index (κ1) is 19.5. The van der Waals surface area contributed by atoms with Gasteiger partial charge in [-0.1, -0.05) is 43.2 Å². The third-order valence-corrected chi connectivity index (χ3v) is 5.97. The minimum absolute atomic E-state index is 0.158. The number of hydrogen-bond donors (Lipinski definition) is 1. The van der Waals surface area contributed by atoms with Gasteiger partial charge in [0, 0.05) is 48.7 Å². The standard InChI is InChI=1S/C24H26N6O/c31-24(26-11-6-13-29-14-12-25-17-29)21-16-23-27-20(18-7-2-1-3-8-18)15-22(30(23)28-21)19-9-4-5-10-19/h1-3,7-8,12,14-17,19H,4-6,9-11,13H2,(H,26,31). The van der Waals surface area contributed by atoms with Crippen molar-refractivity contribution in [3.05, 3.63) is 72.6 Å². The molecule has 3 heterocycles.